The number of rotatable bonds is 3. The number of benzene rings is 2. The summed E-state index contributed by atoms with van der Waals surface area (Å²) in [7, 11) is 0. The van der Waals surface area contributed by atoms with Crippen molar-refractivity contribution >= 4 is 50.5 Å². The van der Waals surface area contributed by atoms with E-state index in [4.69, 9.17) is 0 Å². The van der Waals surface area contributed by atoms with Crippen LogP contribution in [0, 0.1) is 6.92 Å². The van der Waals surface area contributed by atoms with E-state index >= 15 is 0 Å². The van der Waals surface area contributed by atoms with Crippen LogP contribution in [0.4, 0.5) is 11.4 Å². The topological polar surface area (TPSA) is 71.1 Å². The monoisotopic (exact) mass is 441 g/mol. The van der Waals surface area contributed by atoms with Gasteiger partial charge < -0.3 is 10.6 Å². The van der Waals surface area contributed by atoms with Gasteiger partial charge in [-0.25, -0.2) is 4.98 Å². The first-order valence-electron chi connectivity index (χ1n) is 8.42. The predicted octanol–water partition coefficient (Wildman–Crippen LogP) is 4.95. The van der Waals surface area contributed by atoms with Gasteiger partial charge in [-0.3, -0.25) is 9.59 Å². The molecule has 0 saturated heterocycles. The van der Waals surface area contributed by atoms with Crippen LogP contribution in [0.5, 0.6) is 0 Å². The molecule has 2 N–H and O–H groups in total. The van der Waals surface area contributed by atoms with Crippen LogP contribution < -0.4 is 10.6 Å². The van der Waals surface area contributed by atoms with E-state index in [9.17, 15) is 9.59 Å². The van der Waals surface area contributed by atoms with Crippen LogP contribution in [-0.2, 0) is 9.59 Å². The maximum Gasteiger partial charge on any atom is 0.232 e. The number of nitrogens with one attached hydrogen (secondary N) is 2. The molecule has 0 aliphatic carbocycles. The molecule has 27 heavy (non-hydrogen) atoms. The molecule has 1 aliphatic heterocycles. The largest absolute Gasteiger partial charge is 0.326 e. The van der Waals surface area contributed by atoms with Crippen molar-refractivity contribution in [3.05, 3.63) is 62.9 Å². The first kappa shape index (κ1) is 17.9. The molecule has 1 aliphatic rings. The van der Waals surface area contributed by atoms with Gasteiger partial charge in [0.2, 0.25) is 11.8 Å². The summed E-state index contributed by atoms with van der Waals surface area (Å²) in [6, 6.07) is 13.1. The fraction of sp³-hybridized carbons (Fsp3) is 0.150. The maximum absolute atomic E-state index is 12.8. The summed E-state index contributed by atoms with van der Waals surface area (Å²) in [5.74, 6) is -0.868. The van der Waals surface area contributed by atoms with Crippen molar-refractivity contribution in [3.8, 4) is 11.3 Å². The SMILES string of the molecule is Cc1nc(-c2ccc(NC(=O)C3CC(=O)Nc4ccc(Br)cc43)cc2)cs1. The third-order valence-electron chi connectivity index (χ3n) is 4.44. The molecule has 3 aromatic rings. The number of hydrogen-bond donors (Lipinski definition) is 2. The van der Waals surface area contributed by atoms with Crippen molar-refractivity contribution in [2.75, 3.05) is 10.6 Å². The highest BCUT2D eigenvalue weighted by molar-refractivity contribution is 9.10. The van der Waals surface area contributed by atoms with Crippen LogP contribution in [0.1, 0.15) is 22.9 Å². The lowest BCUT2D eigenvalue weighted by molar-refractivity contribution is -0.123. The zero-order valence-electron chi connectivity index (χ0n) is 14.5. The van der Waals surface area contributed by atoms with E-state index in [1.165, 1.54) is 0 Å². The molecule has 7 heteroatoms. The minimum Gasteiger partial charge on any atom is -0.326 e. The van der Waals surface area contributed by atoms with E-state index in [2.05, 4.69) is 31.5 Å². The number of thiazole rings is 1. The molecule has 0 saturated carbocycles. The summed E-state index contributed by atoms with van der Waals surface area (Å²) in [5.41, 5.74) is 4.12. The summed E-state index contributed by atoms with van der Waals surface area (Å²) in [6.45, 7) is 1.97. The quantitative estimate of drug-likeness (QED) is 0.603. The summed E-state index contributed by atoms with van der Waals surface area (Å²) in [6.07, 6.45) is 0.130. The Morgan fingerprint density at radius 3 is 2.74 bits per heavy atom. The Morgan fingerprint density at radius 1 is 1.26 bits per heavy atom. The Morgan fingerprint density at radius 2 is 2.04 bits per heavy atom. The van der Waals surface area contributed by atoms with Gasteiger partial charge in [0.25, 0.3) is 0 Å². The van der Waals surface area contributed by atoms with Gasteiger partial charge >= 0.3 is 0 Å². The van der Waals surface area contributed by atoms with Crippen molar-refractivity contribution in [2.24, 2.45) is 0 Å². The normalized spacial score (nSPS) is 15.8. The molecule has 5 nitrogen and oxygen atoms in total. The Kier molecular flexibility index (Phi) is 4.80. The number of aromatic nitrogens is 1. The highest BCUT2D eigenvalue weighted by Gasteiger charge is 2.30. The van der Waals surface area contributed by atoms with Gasteiger partial charge in [0.05, 0.1) is 16.6 Å². The smallest absolute Gasteiger partial charge is 0.232 e. The van der Waals surface area contributed by atoms with Crippen molar-refractivity contribution in [1.82, 2.24) is 4.98 Å². The van der Waals surface area contributed by atoms with E-state index in [1.54, 1.807) is 17.4 Å². The van der Waals surface area contributed by atoms with Gasteiger partial charge in [-0.1, -0.05) is 28.1 Å². The molecule has 1 atom stereocenters. The van der Waals surface area contributed by atoms with E-state index in [1.807, 2.05) is 48.7 Å². The molecule has 0 radical (unpaired) electrons. The van der Waals surface area contributed by atoms with E-state index in [0.717, 1.165) is 26.3 Å². The lowest BCUT2D eigenvalue weighted by atomic mass is 9.89. The van der Waals surface area contributed by atoms with E-state index < -0.39 is 5.92 Å². The average molecular weight is 442 g/mol. The van der Waals surface area contributed by atoms with Crippen LogP contribution in [-0.4, -0.2) is 16.8 Å². The van der Waals surface area contributed by atoms with Crippen LogP contribution in [0.2, 0.25) is 0 Å². The van der Waals surface area contributed by atoms with Crippen molar-refractivity contribution < 1.29 is 9.59 Å². The summed E-state index contributed by atoms with van der Waals surface area (Å²) in [5, 5.41) is 8.77. The molecule has 0 bridgehead atoms. The van der Waals surface area contributed by atoms with Gasteiger partial charge in [0.15, 0.2) is 0 Å². The molecule has 2 aromatic carbocycles. The molecule has 2 amide bonds. The van der Waals surface area contributed by atoms with Crippen molar-refractivity contribution in [1.29, 1.82) is 0 Å². The maximum atomic E-state index is 12.8. The fourth-order valence-corrected chi connectivity index (χ4v) is 4.12. The molecule has 0 fully saturated rings. The number of halogens is 1. The van der Waals surface area contributed by atoms with Crippen LogP contribution in [0.25, 0.3) is 11.3 Å². The Bertz CT molecular complexity index is 1030. The summed E-state index contributed by atoms with van der Waals surface area (Å²) < 4.78 is 0.873. The third kappa shape index (κ3) is 3.79. The minimum atomic E-state index is -0.521. The molecule has 1 unspecified atom stereocenters. The summed E-state index contributed by atoms with van der Waals surface area (Å²) >= 11 is 5.04. The van der Waals surface area contributed by atoms with Gasteiger partial charge in [-0.2, -0.15) is 0 Å². The van der Waals surface area contributed by atoms with Crippen LogP contribution >= 0.6 is 27.3 Å². The molecular formula is C20H16BrN3O2S. The number of fused-ring (bicyclic) bond motifs is 1. The Hall–Kier alpha value is -2.51. The van der Waals surface area contributed by atoms with Crippen molar-refractivity contribution in [2.45, 2.75) is 19.3 Å². The predicted molar refractivity (Wildman–Crippen MR) is 111 cm³/mol. The van der Waals surface area contributed by atoms with E-state index in [-0.39, 0.29) is 18.2 Å². The number of anilines is 2. The van der Waals surface area contributed by atoms with Gasteiger partial charge in [-0.05, 0) is 42.8 Å². The number of amides is 2. The molecule has 2 heterocycles. The second kappa shape index (κ2) is 7.25. The second-order valence-electron chi connectivity index (χ2n) is 6.35. The molecule has 4 rings (SSSR count). The van der Waals surface area contributed by atoms with Crippen molar-refractivity contribution in [3.63, 3.8) is 0 Å². The van der Waals surface area contributed by atoms with E-state index in [0.29, 0.717) is 11.4 Å². The third-order valence-corrected chi connectivity index (χ3v) is 5.70. The highest BCUT2D eigenvalue weighted by atomic mass is 79.9. The van der Waals surface area contributed by atoms with Gasteiger partial charge in [0, 0.05) is 33.2 Å². The fourth-order valence-electron chi connectivity index (χ4n) is 3.12. The number of aryl methyl sites for hydroxylation is 1. The number of carbonyl (C=O) groups is 2. The Labute approximate surface area is 169 Å². The average Bonchev–Trinajstić information content (AvgIpc) is 3.08. The Balaban J connectivity index is 1.54. The van der Waals surface area contributed by atoms with Crippen LogP contribution in [0.3, 0.4) is 0 Å². The molecular weight excluding hydrogens is 426 g/mol. The lowest BCUT2D eigenvalue weighted by Gasteiger charge is -2.25. The lowest BCUT2D eigenvalue weighted by Crippen LogP contribution is -2.30. The first-order valence-corrected chi connectivity index (χ1v) is 10.1. The summed E-state index contributed by atoms with van der Waals surface area (Å²) in [4.78, 5) is 29.3. The highest BCUT2D eigenvalue weighted by Crippen LogP contribution is 2.35. The molecule has 136 valence electrons. The second-order valence-corrected chi connectivity index (χ2v) is 8.33. The number of nitrogens with zero attached hydrogens (tertiary/aromatic N) is 1. The standard InChI is InChI=1S/C20H16BrN3O2S/c1-11-22-18(10-27-11)12-2-5-14(6-3-12)23-20(26)16-9-19(25)24-17-7-4-13(21)8-15(16)17/h2-8,10,16H,9H2,1H3,(H,23,26)(H,24,25). The number of carbonyl (C=O) groups excluding carboxylic acids is 2. The van der Waals surface area contributed by atoms with Crippen LogP contribution in [0.15, 0.2) is 52.3 Å². The minimum absolute atomic E-state index is 0.130. The van der Waals surface area contributed by atoms with Gasteiger partial charge in [-0.15, -0.1) is 11.3 Å². The van der Waals surface area contributed by atoms with Gasteiger partial charge in [0.1, 0.15) is 0 Å². The molecule has 1 aromatic heterocycles. The first-order chi connectivity index (χ1) is 13.0. The zero-order chi connectivity index (χ0) is 19.0. The molecule has 0 spiro atoms. The zero-order valence-corrected chi connectivity index (χ0v) is 16.9. The number of hydrogen-bond acceptors (Lipinski definition) is 4.